The molecule has 0 spiro atoms. The Morgan fingerprint density at radius 3 is 2.59 bits per heavy atom. The van der Waals surface area contributed by atoms with Crippen LogP contribution >= 0.6 is 0 Å². The molecule has 2 amide bonds. The molecule has 5 nitrogen and oxygen atoms in total. The van der Waals surface area contributed by atoms with Gasteiger partial charge in [-0.15, -0.1) is 0 Å². The number of hydrogen-bond acceptors (Lipinski definition) is 3. The molecule has 1 aromatic rings. The summed E-state index contributed by atoms with van der Waals surface area (Å²) in [5, 5.41) is 2.80. The molecule has 22 heavy (non-hydrogen) atoms. The van der Waals surface area contributed by atoms with E-state index in [9.17, 15) is 9.59 Å². The number of aryl methyl sites for hydroxylation is 1. The van der Waals surface area contributed by atoms with Crippen molar-refractivity contribution in [2.24, 2.45) is 0 Å². The Morgan fingerprint density at radius 1 is 1.27 bits per heavy atom. The lowest BCUT2D eigenvalue weighted by atomic mass is 10.1. The molecule has 120 valence electrons. The Hall–Kier alpha value is -1.88. The number of benzene rings is 1. The zero-order valence-corrected chi connectivity index (χ0v) is 13.5. The first kappa shape index (κ1) is 16.5. The van der Waals surface area contributed by atoms with Gasteiger partial charge in [0.15, 0.2) is 0 Å². The fourth-order valence-corrected chi connectivity index (χ4v) is 2.71. The molecule has 1 aliphatic rings. The number of ether oxygens (including phenoxy) is 1. The van der Waals surface area contributed by atoms with Gasteiger partial charge in [-0.1, -0.05) is 17.7 Å². The van der Waals surface area contributed by atoms with E-state index in [4.69, 9.17) is 4.74 Å². The maximum atomic E-state index is 12.2. The zero-order valence-electron chi connectivity index (χ0n) is 13.5. The van der Waals surface area contributed by atoms with Gasteiger partial charge in [-0.25, -0.2) is 0 Å². The normalized spacial score (nSPS) is 21.5. The van der Waals surface area contributed by atoms with Crippen LogP contribution < -0.4 is 5.32 Å². The van der Waals surface area contributed by atoms with Gasteiger partial charge in [-0.3, -0.25) is 9.59 Å². The second kappa shape index (κ2) is 7.40. The average molecular weight is 304 g/mol. The molecular weight excluding hydrogens is 280 g/mol. The number of rotatable bonds is 4. The molecule has 5 heteroatoms. The average Bonchev–Trinajstić information content (AvgIpc) is 2.46. The molecule has 1 heterocycles. The highest BCUT2D eigenvalue weighted by Crippen LogP contribution is 2.11. The summed E-state index contributed by atoms with van der Waals surface area (Å²) in [5.74, 6) is -0.0771. The molecule has 0 unspecified atom stereocenters. The number of carbonyl (C=O) groups excluding carboxylic acids is 2. The van der Waals surface area contributed by atoms with Crippen LogP contribution in [-0.4, -0.2) is 48.6 Å². The fourth-order valence-electron chi connectivity index (χ4n) is 2.71. The standard InChI is InChI=1S/C17H24N2O3/c1-12-5-4-6-15(9-12)17(21)18-8-7-16(20)19-10-13(2)22-14(3)11-19/h4-6,9,13-14H,7-8,10-11H2,1-3H3,(H,18,21)/t13-,14-/m1/s1. The van der Waals surface area contributed by atoms with E-state index in [-0.39, 0.29) is 24.0 Å². The van der Waals surface area contributed by atoms with Gasteiger partial charge in [0.05, 0.1) is 12.2 Å². The van der Waals surface area contributed by atoms with Crippen LogP contribution in [0.2, 0.25) is 0 Å². The van der Waals surface area contributed by atoms with E-state index < -0.39 is 0 Å². The van der Waals surface area contributed by atoms with Crippen molar-refractivity contribution in [1.29, 1.82) is 0 Å². The lowest BCUT2D eigenvalue weighted by molar-refractivity contribution is -0.143. The second-order valence-corrected chi connectivity index (χ2v) is 5.93. The van der Waals surface area contributed by atoms with Crippen LogP contribution in [0, 0.1) is 6.92 Å². The highest BCUT2D eigenvalue weighted by Gasteiger charge is 2.25. The summed E-state index contributed by atoms with van der Waals surface area (Å²) in [4.78, 5) is 26.0. The van der Waals surface area contributed by atoms with E-state index in [1.807, 2.05) is 43.9 Å². The molecule has 0 aliphatic carbocycles. The SMILES string of the molecule is Cc1cccc(C(=O)NCCC(=O)N2C[C@@H](C)O[C@H](C)C2)c1. The molecule has 0 bridgehead atoms. The fraction of sp³-hybridized carbons (Fsp3) is 0.529. The van der Waals surface area contributed by atoms with Crippen molar-refractivity contribution in [3.63, 3.8) is 0 Å². The molecule has 1 N–H and O–H groups in total. The van der Waals surface area contributed by atoms with Crippen LogP contribution in [0.3, 0.4) is 0 Å². The summed E-state index contributed by atoms with van der Waals surface area (Å²) in [6.07, 6.45) is 0.445. The maximum absolute atomic E-state index is 12.2. The van der Waals surface area contributed by atoms with Gasteiger partial charge in [-0.05, 0) is 32.9 Å². The summed E-state index contributed by atoms with van der Waals surface area (Å²) in [6.45, 7) is 7.47. The summed E-state index contributed by atoms with van der Waals surface area (Å²) in [6, 6.07) is 7.41. The number of amides is 2. The van der Waals surface area contributed by atoms with Gasteiger partial charge in [0.1, 0.15) is 0 Å². The monoisotopic (exact) mass is 304 g/mol. The number of nitrogens with one attached hydrogen (secondary N) is 1. The predicted octanol–water partition coefficient (Wildman–Crippen LogP) is 1.75. The quantitative estimate of drug-likeness (QED) is 0.922. The van der Waals surface area contributed by atoms with Crippen molar-refractivity contribution >= 4 is 11.8 Å². The first-order valence-corrected chi connectivity index (χ1v) is 7.74. The summed E-state index contributed by atoms with van der Waals surface area (Å²) in [7, 11) is 0. The minimum atomic E-state index is -0.139. The number of nitrogens with zero attached hydrogens (tertiary/aromatic N) is 1. The van der Waals surface area contributed by atoms with Crippen molar-refractivity contribution < 1.29 is 14.3 Å². The molecule has 1 aliphatic heterocycles. The summed E-state index contributed by atoms with van der Waals surface area (Å²) in [5.41, 5.74) is 1.67. The third kappa shape index (κ3) is 4.56. The molecule has 0 radical (unpaired) electrons. The Balaban J connectivity index is 1.78. The van der Waals surface area contributed by atoms with Gasteiger partial charge in [-0.2, -0.15) is 0 Å². The Labute approximate surface area is 131 Å². The Bertz CT molecular complexity index is 534. The van der Waals surface area contributed by atoms with E-state index in [1.165, 1.54) is 0 Å². The van der Waals surface area contributed by atoms with Crippen LogP contribution in [0.15, 0.2) is 24.3 Å². The topological polar surface area (TPSA) is 58.6 Å². The zero-order chi connectivity index (χ0) is 16.1. The van der Waals surface area contributed by atoms with Crippen LogP contribution in [0.1, 0.15) is 36.2 Å². The highest BCUT2D eigenvalue weighted by atomic mass is 16.5. The smallest absolute Gasteiger partial charge is 0.251 e. The lowest BCUT2D eigenvalue weighted by Crippen LogP contribution is -2.48. The summed E-state index contributed by atoms with van der Waals surface area (Å²) < 4.78 is 5.61. The maximum Gasteiger partial charge on any atom is 0.251 e. The van der Waals surface area contributed by atoms with E-state index >= 15 is 0 Å². The number of hydrogen-bond donors (Lipinski definition) is 1. The van der Waals surface area contributed by atoms with Crippen LogP contribution in [-0.2, 0) is 9.53 Å². The number of morpholine rings is 1. The molecule has 0 aromatic heterocycles. The Morgan fingerprint density at radius 2 is 1.95 bits per heavy atom. The van der Waals surface area contributed by atoms with E-state index in [0.717, 1.165) is 5.56 Å². The van der Waals surface area contributed by atoms with Crippen molar-refractivity contribution in [3.8, 4) is 0 Å². The molecule has 2 atom stereocenters. The molecule has 1 fully saturated rings. The third-order valence-electron chi connectivity index (χ3n) is 3.68. The molecule has 0 saturated carbocycles. The number of carbonyl (C=O) groups is 2. The van der Waals surface area contributed by atoms with E-state index in [0.29, 0.717) is 31.6 Å². The van der Waals surface area contributed by atoms with Gasteiger partial charge in [0, 0.05) is 31.6 Å². The highest BCUT2D eigenvalue weighted by molar-refractivity contribution is 5.94. The first-order valence-electron chi connectivity index (χ1n) is 7.74. The van der Waals surface area contributed by atoms with Crippen LogP contribution in [0.4, 0.5) is 0 Å². The minimum Gasteiger partial charge on any atom is -0.372 e. The van der Waals surface area contributed by atoms with Crippen molar-refractivity contribution in [3.05, 3.63) is 35.4 Å². The second-order valence-electron chi connectivity index (χ2n) is 5.93. The van der Waals surface area contributed by atoms with E-state index in [1.54, 1.807) is 6.07 Å². The van der Waals surface area contributed by atoms with Gasteiger partial charge in [0.25, 0.3) is 5.91 Å². The van der Waals surface area contributed by atoms with Crippen molar-refractivity contribution in [1.82, 2.24) is 10.2 Å². The predicted molar refractivity (Wildman–Crippen MR) is 84.7 cm³/mol. The van der Waals surface area contributed by atoms with Crippen LogP contribution in [0.5, 0.6) is 0 Å². The van der Waals surface area contributed by atoms with Crippen molar-refractivity contribution in [2.45, 2.75) is 39.4 Å². The third-order valence-corrected chi connectivity index (χ3v) is 3.68. The lowest BCUT2D eigenvalue weighted by Gasteiger charge is -2.35. The first-order chi connectivity index (χ1) is 10.5. The Kier molecular flexibility index (Phi) is 5.55. The van der Waals surface area contributed by atoms with Gasteiger partial charge >= 0.3 is 0 Å². The summed E-state index contributed by atoms with van der Waals surface area (Å²) >= 11 is 0. The minimum absolute atomic E-state index is 0.0616. The molecule has 2 rings (SSSR count). The van der Waals surface area contributed by atoms with Crippen LogP contribution in [0.25, 0.3) is 0 Å². The van der Waals surface area contributed by atoms with E-state index in [2.05, 4.69) is 5.32 Å². The van der Waals surface area contributed by atoms with Crippen molar-refractivity contribution in [2.75, 3.05) is 19.6 Å². The molecule has 1 saturated heterocycles. The molecule has 1 aromatic carbocycles. The largest absolute Gasteiger partial charge is 0.372 e. The molecular formula is C17H24N2O3. The van der Waals surface area contributed by atoms with Gasteiger partial charge in [0.2, 0.25) is 5.91 Å². The van der Waals surface area contributed by atoms with Gasteiger partial charge < -0.3 is 15.0 Å².